The lowest BCUT2D eigenvalue weighted by atomic mass is 9.49. The Morgan fingerprint density at radius 3 is 2.18 bits per heavy atom. The maximum absolute atomic E-state index is 13.6. The van der Waals surface area contributed by atoms with Crippen molar-refractivity contribution in [2.45, 2.75) is 71.5 Å². The second-order valence-corrected chi connectivity index (χ2v) is 11.8. The lowest BCUT2D eigenvalue weighted by Crippen LogP contribution is -2.58. The summed E-state index contributed by atoms with van der Waals surface area (Å²) in [5, 5.41) is 6.36. The number of carbonyl (C=O) groups excluding carboxylic acids is 2. The fourth-order valence-corrected chi connectivity index (χ4v) is 7.39. The summed E-state index contributed by atoms with van der Waals surface area (Å²) in [5.41, 5.74) is 2.15. The third-order valence-electron chi connectivity index (χ3n) is 8.82. The van der Waals surface area contributed by atoms with Gasteiger partial charge in [-0.05, 0) is 73.3 Å². The number of amides is 2. The minimum atomic E-state index is -0.494. The Kier molecular flexibility index (Phi) is 6.99. The van der Waals surface area contributed by atoms with Crippen LogP contribution in [0.4, 0.5) is 0 Å². The van der Waals surface area contributed by atoms with E-state index in [1.165, 1.54) is 24.8 Å². The summed E-state index contributed by atoms with van der Waals surface area (Å²) in [4.78, 5) is 29.2. The first-order chi connectivity index (χ1) is 16.4. The van der Waals surface area contributed by atoms with E-state index in [9.17, 15) is 9.59 Å². The molecule has 1 aromatic carbocycles. The quantitative estimate of drug-likeness (QED) is 0.614. The summed E-state index contributed by atoms with van der Waals surface area (Å²) >= 11 is 0. The fourth-order valence-electron chi connectivity index (χ4n) is 7.39. The van der Waals surface area contributed by atoms with E-state index >= 15 is 0 Å². The first-order valence-corrected chi connectivity index (χ1v) is 13.4. The zero-order valence-electron chi connectivity index (χ0n) is 20.9. The molecule has 0 unspecified atom stereocenters. The first kappa shape index (κ1) is 23.8. The number of carbonyl (C=O) groups is 2. The van der Waals surface area contributed by atoms with Gasteiger partial charge in [-0.1, -0.05) is 38.1 Å². The van der Waals surface area contributed by atoms with E-state index in [2.05, 4.69) is 33.7 Å². The van der Waals surface area contributed by atoms with Crippen LogP contribution in [0.15, 0.2) is 24.3 Å². The molecule has 4 saturated carbocycles. The Balaban J connectivity index is 1.21. The number of nitrogens with one attached hydrogen (secondary N) is 2. The number of benzene rings is 1. The smallest absolute Gasteiger partial charge is 0.243 e. The third-order valence-corrected chi connectivity index (χ3v) is 8.82. The average Bonchev–Trinajstić information content (AvgIpc) is 2.81. The van der Waals surface area contributed by atoms with Gasteiger partial charge in [-0.15, -0.1) is 0 Å². The van der Waals surface area contributed by atoms with Crippen molar-refractivity contribution in [3.8, 4) is 0 Å². The Labute approximate surface area is 204 Å². The molecule has 1 heterocycles. The molecule has 2 N–H and O–H groups in total. The zero-order valence-corrected chi connectivity index (χ0v) is 20.9. The highest BCUT2D eigenvalue weighted by Crippen LogP contribution is 2.60. The van der Waals surface area contributed by atoms with Gasteiger partial charge in [0.1, 0.15) is 6.04 Å². The highest BCUT2D eigenvalue weighted by atomic mass is 16.5. The van der Waals surface area contributed by atoms with Crippen LogP contribution in [-0.4, -0.2) is 49.1 Å². The normalized spacial score (nSPS) is 31.4. The Morgan fingerprint density at radius 2 is 1.59 bits per heavy atom. The maximum atomic E-state index is 13.6. The van der Waals surface area contributed by atoms with Crippen LogP contribution in [0, 0.1) is 29.1 Å². The van der Waals surface area contributed by atoms with E-state index < -0.39 is 6.04 Å². The van der Waals surface area contributed by atoms with E-state index in [-0.39, 0.29) is 23.1 Å². The number of hydrogen-bond donors (Lipinski definition) is 2. The van der Waals surface area contributed by atoms with E-state index in [0.29, 0.717) is 24.3 Å². The summed E-state index contributed by atoms with van der Waals surface area (Å²) < 4.78 is 5.47. The molecule has 6 heteroatoms. The van der Waals surface area contributed by atoms with Gasteiger partial charge in [0.15, 0.2) is 0 Å². The van der Waals surface area contributed by atoms with Crippen molar-refractivity contribution >= 4 is 11.8 Å². The van der Waals surface area contributed by atoms with Gasteiger partial charge in [-0.3, -0.25) is 14.5 Å². The molecule has 0 spiro atoms. The summed E-state index contributed by atoms with van der Waals surface area (Å²) in [6, 6.07) is 7.83. The van der Waals surface area contributed by atoms with Crippen LogP contribution in [0.5, 0.6) is 0 Å². The van der Waals surface area contributed by atoms with E-state index in [0.717, 1.165) is 57.7 Å². The van der Waals surface area contributed by atoms with Crippen molar-refractivity contribution in [3.63, 3.8) is 0 Å². The fraction of sp³-hybridized carbons (Fsp3) is 0.714. The van der Waals surface area contributed by atoms with Crippen LogP contribution in [0.2, 0.25) is 0 Å². The molecule has 186 valence electrons. The Morgan fingerprint density at radius 1 is 1.00 bits per heavy atom. The van der Waals surface area contributed by atoms with Gasteiger partial charge >= 0.3 is 0 Å². The van der Waals surface area contributed by atoms with Gasteiger partial charge in [0.2, 0.25) is 11.8 Å². The number of nitrogens with zero attached hydrogens (tertiary/aromatic N) is 1. The van der Waals surface area contributed by atoms with Crippen LogP contribution in [-0.2, 0) is 27.4 Å². The second kappa shape index (κ2) is 9.98. The van der Waals surface area contributed by atoms with E-state index in [1.54, 1.807) is 0 Å². The number of rotatable bonds is 8. The first-order valence-electron chi connectivity index (χ1n) is 13.4. The highest BCUT2D eigenvalue weighted by Gasteiger charge is 2.55. The minimum Gasteiger partial charge on any atom is -0.379 e. The lowest BCUT2D eigenvalue weighted by molar-refractivity contribution is -0.149. The molecule has 0 aromatic heterocycles. The molecule has 4 aliphatic carbocycles. The summed E-state index contributed by atoms with van der Waals surface area (Å²) in [5.74, 6) is 2.24. The Hall–Kier alpha value is -1.92. The van der Waals surface area contributed by atoms with Crippen molar-refractivity contribution in [2.75, 3.05) is 26.3 Å². The predicted molar refractivity (Wildman–Crippen MR) is 132 cm³/mol. The van der Waals surface area contributed by atoms with Gasteiger partial charge in [-0.25, -0.2) is 0 Å². The molecule has 0 radical (unpaired) electrons. The van der Waals surface area contributed by atoms with Gasteiger partial charge in [-0.2, -0.15) is 0 Å². The van der Waals surface area contributed by atoms with Gasteiger partial charge in [0, 0.05) is 31.6 Å². The predicted octanol–water partition coefficient (Wildman–Crippen LogP) is 3.49. The Bertz CT molecular complexity index is 857. The standard InChI is InChI=1S/C28H41N3O3/c1-19(2)25(30-27(33)28-14-20-11-21(15-28)13-22(12-20)16-28)26(32)29-17-23-5-3-4-6-24(23)18-31-7-9-34-10-8-31/h3-6,19-22,25H,7-18H2,1-2H3,(H,29,32)(H,30,33)/t20?,21?,22?,25-,28?/m0/s1. The topological polar surface area (TPSA) is 70.7 Å². The zero-order chi connectivity index (χ0) is 23.7. The molecular weight excluding hydrogens is 426 g/mol. The van der Waals surface area contributed by atoms with E-state index in [1.807, 2.05) is 19.9 Å². The van der Waals surface area contributed by atoms with Gasteiger partial charge in [0.25, 0.3) is 0 Å². The molecule has 1 saturated heterocycles. The molecule has 2 amide bonds. The minimum absolute atomic E-state index is 0.0430. The van der Waals surface area contributed by atoms with Gasteiger partial charge < -0.3 is 15.4 Å². The van der Waals surface area contributed by atoms with Crippen molar-refractivity contribution in [3.05, 3.63) is 35.4 Å². The van der Waals surface area contributed by atoms with Crippen molar-refractivity contribution in [2.24, 2.45) is 29.1 Å². The molecule has 6 nitrogen and oxygen atoms in total. The van der Waals surface area contributed by atoms with Crippen molar-refractivity contribution in [1.29, 1.82) is 0 Å². The third kappa shape index (κ3) is 5.03. The van der Waals surface area contributed by atoms with Crippen molar-refractivity contribution < 1.29 is 14.3 Å². The van der Waals surface area contributed by atoms with Gasteiger partial charge in [0.05, 0.1) is 13.2 Å². The second-order valence-electron chi connectivity index (χ2n) is 11.8. The number of ether oxygens (including phenoxy) is 1. The molecule has 1 atom stereocenters. The van der Waals surface area contributed by atoms with Crippen molar-refractivity contribution in [1.82, 2.24) is 15.5 Å². The molecule has 6 rings (SSSR count). The molecular formula is C28H41N3O3. The highest BCUT2D eigenvalue weighted by molar-refractivity contribution is 5.90. The number of morpholine rings is 1. The SMILES string of the molecule is CC(C)[C@H](NC(=O)C12CC3CC(CC(C3)C1)C2)C(=O)NCc1ccccc1CN1CCOCC1. The molecule has 4 bridgehead atoms. The summed E-state index contributed by atoms with van der Waals surface area (Å²) in [6.45, 7) is 8.82. The molecule has 5 fully saturated rings. The molecule has 1 aliphatic heterocycles. The van der Waals surface area contributed by atoms with Crippen LogP contribution in [0.3, 0.4) is 0 Å². The lowest BCUT2D eigenvalue weighted by Gasteiger charge is -2.55. The molecule has 1 aromatic rings. The number of hydrogen-bond acceptors (Lipinski definition) is 4. The average molecular weight is 468 g/mol. The monoisotopic (exact) mass is 467 g/mol. The maximum Gasteiger partial charge on any atom is 0.243 e. The van der Waals surface area contributed by atoms with E-state index in [4.69, 9.17) is 4.74 Å². The molecule has 5 aliphatic rings. The van der Waals surface area contributed by atoms with Crippen LogP contribution in [0.25, 0.3) is 0 Å². The van der Waals surface area contributed by atoms with Crippen LogP contribution < -0.4 is 10.6 Å². The van der Waals surface area contributed by atoms with Crippen LogP contribution >= 0.6 is 0 Å². The molecule has 34 heavy (non-hydrogen) atoms. The largest absolute Gasteiger partial charge is 0.379 e. The summed E-state index contributed by atoms with van der Waals surface area (Å²) in [6.07, 6.45) is 6.99. The summed E-state index contributed by atoms with van der Waals surface area (Å²) in [7, 11) is 0. The van der Waals surface area contributed by atoms with Crippen LogP contribution in [0.1, 0.15) is 63.5 Å².